The topological polar surface area (TPSA) is 40.6 Å². The van der Waals surface area contributed by atoms with Crippen LogP contribution in [0.2, 0.25) is 0 Å². The van der Waals surface area contributed by atoms with Crippen molar-refractivity contribution >= 4 is 11.8 Å². The number of imide groups is 1. The van der Waals surface area contributed by atoms with Crippen LogP contribution in [0.25, 0.3) is 0 Å². The molecule has 2 heterocycles. The minimum Gasteiger partial charge on any atom is -0.281 e. The Hall–Kier alpha value is -1.68. The number of aryl methyl sites for hydroxylation is 2. The Morgan fingerprint density at radius 1 is 1.12 bits per heavy atom. The van der Waals surface area contributed by atoms with Crippen LogP contribution in [0, 0.1) is 19.3 Å². The number of benzene rings is 1. The molecular formula is C20H26N2O2. The zero-order chi connectivity index (χ0) is 16.9. The average molecular weight is 326 g/mol. The Morgan fingerprint density at radius 3 is 2.62 bits per heavy atom. The first-order valence-electron chi connectivity index (χ1n) is 9.15. The van der Waals surface area contributed by atoms with Crippen molar-refractivity contribution in [3.8, 4) is 0 Å². The summed E-state index contributed by atoms with van der Waals surface area (Å²) in [5, 5.41) is 0. The number of carbonyl (C=O) groups is 2. The molecule has 1 saturated carbocycles. The molecule has 4 nitrogen and oxygen atoms in total. The van der Waals surface area contributed by atoms with Gasteiger partial charge in [-0.1, -0.05) is 30.5 Å². The first-order valence-corrected chi connectivity index (χ1v) is 9.15. The number of nitrogens with zero attached hydrogens (tertiary/aromatic N) is 2. The van der Waals surface area contributed by atoms with E-state index in [0.717, 1.165) is 45.2 Å². The minimum absolute atomic E-state index is 0.0353. The molecule has 1 aromatic rings. The molecule has 0 radical (unpaired) electrons. The standard InChI is InChI=1S/C20H26N2O2/c1-14-9-15(2)17-5-8-21(12-16(17)10-14)13-22-18(23)11-20(19(22)24)6-3-4-7-20/h9-10H,3-8,11-13H2,1-2H3. The molecule has 2 amide bonds. The van der Waals surface area contributed by atoms with Crippen molar-refractivity contribution in [2.24, 2.45) is 5.41 Å². The Kier molecular flexibility index (Phi) is 3.75. The summed E-state index contributed by atoms with van der Waals surface area (Å²) in [6.45, 7) is 6.52. The van der Waals surface area contributed by atoms with Crippen LogP contribution in [0.4, 0.5) is 0 Å². The van der Waals surface area contributed by atoms with Gasteiger partial charge in [0, 0.05) is 19.5 Å². The normalized spacial score (nSPS) is 23.3. The van der Waals surface area contributed by atoms with E-state index in [1.807, 2.05) is 0 Å². The van der Waals surface area contributed by atoms with Crippen molar-refractivity contribution in [3.63, 3.8) is 0 Å². The highest BCUT2D eigenvalue weighted by Gasteiger charge is 2.52. The van der Waals surface area contributed by atoms with E-state index in [-0.39, 0.29) is 17.2 Å². The lowest BCUT2D eigenvalue weighted by Gasteiger charge is -2.33. The maximum absolute atomic E-state index is 12.8. The molecule has 0 aromatic heterocycles. The average Bonchev–Trinajstić information content (AvgIpc) is 3.08. The highest BCUT2D eigenvalue weighted by molar-refractivity contribution is 6.06. The van der Waals surface area contributed by atoms with E-state index in [9.17, 15) is 9.59 Å². The van der Waals surface area contributed by atoms with Crippen molar-refractivity contribution < 1.29 is 9.59 Å². The number of rotatable bonds is 2. The zero-order valence-corrected chi connectivity index (χ0v) is 14.7. The molecule has 0 atom stereocenters. The molecule has 2 fully saturated rings. The molecule has 4 heteroatoms. The van der Waals surface area contributed by atoms with Gasteiger partial charge in [-0.2, -0.15) is 0 Å². The van der Waals surface area contributed by atoms with Gasteiger partial charge in [-0.3, -0.25) is 19.4 Å². The summed E-state index contributed by atoms with van der Waals surface area (Å²) in [7, 11) is 0. The van der Waals surface area contributed by atoms with E-state index in [4.69, 9.17) is 0 Å². The number of fused-ring (bicyclic) bond motifs is 1. The Labute approximate surface area is 143 Å². The third kappa shape index (κ3) is 2.48. The molecule has 2 aliphatic heterocycles. The summed E-state index contributed by atoms with van der Waals surface area (Å²) < 4.78 is 0. The number of carbonyl (C=O) groups excluding carboxylic acids is 2. The second-order valence-corrected chi connectivity index (χ2v) is 7.95. The predicted octanol–water partition coefficient (Wildman–Crippen LogP) is 2.94. The second-order valence-electron chi connectivity index (χ2n) is 7.95. The van der Waals surface area contributed by atoms with Gasteiger partial charge < -0.3 is 0 Å². The molecule has 0 N–H and O–H groups in total. The van der Waals surface area contributed by atoms with Gasteiger partial charge in [0.1, 0.15) is 0 Å². The summed E-state index contributed by atoms with van der Waals surface area (Å²) in [6, 6.07) is 4.49. The number of likely N-dealkylation sites (tertiary alicyclic amines) is 1. The summed E-state index contributed by atoms with van der Waals surface area (Å²) in [6.07, 6.45) is 5.41. The highest BCUT2D eigenvalue weighted by Crippen LogP contribution is 2.46. The molecule has 0 bridgehead atoms. The first-order chi connectivity index (χ1) is 11.5. The summed E-state index contributed by atoms with van der Waals surface area (Å²) in [4.78, 5) is 29.1. The summed E-state index contributed by atoms with van der Waals surface area (Å²) in [5.74, 6) is 0.129. The van der Waals surface area contributed by atoms with Crippen LogP contribution in [0.5, 0.6) is 0 Å². The molecule has 1 spiro atoms. The van der Waals surface area contributed by atoms with Crippen molar-refractivity contribution in [2.75, 3.05) is 13.2 Å². The molecule has 3 aliphatic rings. The van der Waals surface area contributed by atoms with E-state index in [0.29, 0.717) is 13.1 Å². The third-order valence-corrected chi connectivity index (χ3v) is 6.17. The van der Waals surface area contributed by atoms with Gasteiger partial charge in [0.05, 0.1) is 12.1 Å². The third-order valence-electron chi connectivity index (χ3n) is 6.17. The van der Waals surface area contributed by atoms with Gasteiger partial charge in [-0.25, -0.2) is 0 Å². The van der Waals surface area contributed by atoms with E-state index in [1.54, 1.807) is 4.90 Å². The number of amides is 2. The van der Waals surface area contributed by atoms with Crippen molar-refractivity contribution in [1.29, 1.82) is 0 Å². The van der Waals surface area contributed by atoms with E-state index < -0.39 is 0 Å². The van der Waals surface area contributed by atoms with Crippen LogP contribution < -0.4 is 0 Å². The first kappa shape index (κ1) is 15.8. The summed E-state index contributed by atoms with van der Waals surface area (Å²) in [5.41, 5.74) is 5.10. The Balaban J connectivity index is 1.50. The predicted molar refractivity (Wildman–Crippen MR) is 92.3 cm³/mol. The van der Waals surface area contributed by atoms with Gasteiger partial charge in [-0.05, 0) is 49.8 Å². The van der Waals surface area contributed by atoms with Crippen LogP contribution in [-0.4, -0.2) is 34.8 Å². The molecule has 128 valence electrons. The van der Waals surface area contributed by atoms with Crippen LogP contribution in [-0.2, 0) is 22.6 Å². The van der Waals surface area contributed by atoms with Crippen LogP contribution in [0.3, 0.4) is 0 Å². The molecular weight excluding hydrogens is 300 g/mol. The van der Waals surface area contributed by atoms with Crippen LogP contribution in [0.15, 0.2) is 12.1 Å². The second kappa shape index (κ2) is 5.69. The maximum atomic E-state index is 12.8. The van der Waals surface area contributed by atoms with Crippen LogP contribution in [0.1, 0.15) is 54.4 Å². The van der Waals surface area contributed by atoms with E-state index >= 15 is 0 Å². The van der Waals surface area contributed by atoms with Gasteiger partial charge in [0.25, 0.3) is 0 Å². The van der Waals surface area contributed by atoms with Crippen molar-refractivity contribution in [1.82, 2.24) is 9.80 Å². The lowest BCUT2D eigenvalue weighted by atomic mass is 9.85. The van der Waals surface area contributed by atoms with Crippen molar-refractivity contribution in [2.45, 2.75) is 58.9 Å². The largest absolute Gasteiger partial charge is 0.281 e. The molecule has 1 aliphatic carbocycles. The van der Waals surface area contributed by atoms with E-state index in [2.05, 4.69) is 30.9 Å². The molecule has 1 saturated heterocycles. The quantitative estimate of drug-likeness (QED) is 0.785. The van der Waals surface area contributed by atoms with E-state index in [1.165, 1.54) is 22.3 Å². The molecule has 1 aromatic carbocycles. The minimum atomic E-state index is -0.349. The lowest BCUT2D eigenvalue weighted by Crippen LogP contribution is -2.44. The maximum Gasteiger partial charge on any atom is 0.237 e. The smallest absolute Gasteiger partial charge is 0.237 e. The number of hydrogen-bond donors (Lipinski definition) is 0. The fourth-order valence-corrected chi connectivity index (χ4v) is 4.94. The zero-order valence-electron chi connectivity index (χ0n) is 14.7. The van der Waals surface area contributed by atoms with Gasteiger partial charge >= 0.3 is 0 Å². The Morgan fingerprint density at radius 2 is 1.88 bits per heavy atom. The molecule has 4 rings (SSSR count). The van der Waals surface area contributed by atoms with Gasteiger partial charge in [0.15, 0.2) is 0 Å². The van der Waals surface area contributed by atoms with Crippen molar-refractivity contribution in [3.05, 3.63) is 34.4 Å². The van der Waals surface area contributed by atoms with Crippen LogP contribution >= 0.6 is 0 Å². The van der Waals surface area contributed by atoms with Gasteiger partial charge in [-0.15, -0.1) is 0 Å². The SMILES string of the molecule is Cc1cc(C)c2c(c1)CN(CN1C(=O)CC3(CCCC3)C1=O)CC2. The summed E-state index contributed by atoms with van der Waals surface area (Å²) >= 11 is 0. The molecule has 0 unspecified atom stereocenters. The number of hydrogen-bond acceptors (Lipinski definition) is 3. The highest BCUT2D eigenvalue weighted by atomic mass is 16.2. The fourth-order valence-electron chi connectivity index (χ4n) is 4.94. The molecule has 24 heavy (non-hydrogen) atoms. The lowest BCUT2D eigenvalue weighted by molar-refractivity contribution is -0.144. The monoisotopic (exact) mass is 326 g/mol. The fraction of sp³-hybridized carbons (Fsp3) is 0.600. The Bertz CT molecular complexity index is 704. The van der Waals surface area contributed by atoms with Gasteiger partial charge in [0.2, 0.25) is 11.8 Å².